The number of anilines is 1. The number of nitrogens with zero attached hydrogens (tertiary/aromatic N) is 2. The highest BCUT2D eigenvalue weighted by molar-refractivity contribution is 5.39. The van der Waals surface area contributed by atoms with Gasteiger partial charge in [0.1, 0.15) is 5.82 Å². The van der Waals surface area contributed by atoms with Crippen molar-refractivity contribution in [2.45, 2.75) is 44.4 Å². The third-order valence-corrected chi connectivity index (χ3v) is 3.87. The molecule has 0 amide bonds. The van der Waals surface area contributed by atoms with Crippen molar-refractivity contribution >= 4 is 5.69 Å². The summed E-state index contributed by atoms with van der Waals surface area (Å²) in [5, 5.41) is 7.47. The highest BCUT2D eigenvalue weighted by Crippen LogP contribution is 2.30. The molecule has 19 heavy (non-hydrogen) atoms. The molecule has 1 aliphatic carbocycles. The van der Waals surface area contributed by atoms with Crippen LogP contribution in [0.5, 0.6) is 0 Å². The number of hydrogen-bond acceptors (Lipinski definition) is 3. The van der Waals surface area contributed by atoms with Crippen molar-refractivity contribution in [2.75, 3.05) is 5.73 Å². The molecular formula is C15H20N4. The molecule has 3 rings (SSSR count). The Hall–Kier alpha value is -1.84. The minimum atomic E-state index is 0.560. The lowest BCUT2D eigenvalue weighted by Gasteiger charge is -2.18. The number of nitrogens with one attached hydrogen (secondary N) is 1. The van der Waals surface area contributed by atoms with Crippen LogP contribution >= 0.6 is 0 Å². The van der Waals surface area contributed by atoms with Crippen LogP contribution in [0.3, 0.4) is 0 Å². The Balaban J connectivity index is 1.68. The summed E-state index contributed by atoms with van der Waals surface area (Å²) in [6.45, 7) is 0. The first-order valence-corrected chi connectivity index (χ1v) is 7.07. The molecule has 0 unspecified atom stereocenters. The van der Waals surface area contributed by atoms with Gasteiger partial charge in [0.25, 0.3) is 0 Å². The zero-order chi connectivity index (χ0) is 13.1. The molecule has 0 atom stereocenters. The zero-order valence-corrected chi connectivity index (χ0v) is 11.1. The van der Waals surface area contributed by atoms with Crippen molar-refractivity contribution in [3.8, 4) is 0 Å². The summed E-state index contributed by atoms with van der Waals surface area (Å²) < 4.78 is 0. The van der Waals surface area contributed by atoms with Gasteiger partial charge in [-0.2, -0.15) is 5.10 Å². The predicted octanol–water partition coefficient (Wildman–Crippen LogP) is 3.03. The van der Waals surface area contributed by atoms with E-state index in [0.29, 0.717) is 5.92 Å². The highest BCUT2D eigenvalue weighted by atomic mass is 15.2. The Bertz CT molecular complexity index is 523. The fraction of sp³-hybridized carbons (Fsp3) is 0.467. The highest BCUT2D eigenvalue weighted by Gasteiger charge is 2.19. The molecule has 0 bridgehead atoms. The Morgan fingerprint density at radius 3 is 2.58 bits per heavy atom. The van der Waals surface area contributed by atoms with E-state index in [1.54, 1.807) is 0 Å². The van der Waals surface area contributed by atoms with Gasteiger partial charge < -0.3 is 5.73 Å². The maximum atomic E-state index is 5.69. The smallest absolute Gasteiger partial charge is 0.153 e. The second-order valence-electron chi connectivity index (χ2n) is 5.39. The topological polar surface area (TPSA) is 67.6 Å². The maximum absolute atomic E-state index is 5.69. The first-order chi connectivity index (χ1) is 9.31. The predicted molar refractivity (Wildman–Crippen MR) is 75.9 cm³/mol. The molecule has 0 radical (unpaired) electrons. The van der Waals surface area contributed by atoms with Gasteiger partial charge in [-0.05, 0) is 30.5 Å². The monoisotopic (exact) mass is 256 g/mol. The molecule has 1 aliphatic rings. The first-order valence-electron chi connectivity index (χ1n) is 7.07. The number of nitrogens with two attached hydrogens (primary N) is 1. The summed E-state index contributed by atoms with van der Waals surface area (Å²) in [5.74, 6) is 2.51. The van der Waals surface area contributed by atoms with Crippen LogP contribution < -0.4 is 5.73 Å². The van der Waals surface area contributed by atoms with Crippen LogP contribution in [0.2, 0.25) is 0 Å². The number of hydrogen-bond donors (Lipinski definition) is 2. The molecule has 0 saturated heterocycles. The number of H-pyrrole nitrogens is 1. The lowest BCUT2D eigenvalue weighted by Crippen LogP contribution is -2.06. The van der Waals surface area contributed by atoms with Crippen LogP contribution in [-0.4, -0.2) is 15.2 Å². The second-order valence-corrected chi connectivity index (χ2v) is 5.39. The normalized spacial score (nSPS) is 16.6. The summed E-state index contributed by atoms with van der Waals surface area (Å²) in [4.78, 5) is 4.65. The van der Waals surface area contributed by atoms with Gasteiger partial charge in [-0.1, -0.05) is 31.4 Å². The number of nitrogen functional groups attached to an aromatic ring is 1. The van der Waals surface area contributed by atoms with E-state index in [9.17, 15) is 0 Å². The summed E-state index contributed by atoms with van der Waals surface area (Å²) in [7, 11) is 0. The molecule has 0 spiro atoms. The number of aromatic nitrogens is 3. The van der Waals surface area contributed by atoms with Crippen molar-refractivity contribution in [3.05, 3.63) is 41.5 Å². The van der Waals surface area contributed by atoms with Crippen LogP contribution in [0.15, 0.2) is 24.3 Å². The van der Waals surface area contributed by atoms with Gasteiger partial charge >= 0.3 is 0 Å². The summed E-state index contributed by atoms with van der Waals surface area (Å²) in [5.41, 5.74) is 7.69. The molecule has 1 saturated carbocycles. The van der Waals surface area contributed by atoms with Crippen molar-refractivity contribution < 1.29 is 0 Å². The van der Waals surface area contributed by atoms with E-state index in [1.807, 2.05) is 24.3 Å². The zero-order valence-electron chi connectivity index (χ0n) is 11.1. The van der Waals surface area contributed by atoms with Crippen molar-refractivity contribution in [3.63, 3.8) is 0 Å². The molecule has 4 nitrogen and oxygen atoms in total. The second kappa shape index (κ2) is 5.43. The molecule has 1 heterocycles. The van der Waals surface area contributed by atoms with Crippen LogP contribution in [-0.2, 0) is 6.42 Å². The van der Waals surface area contributed by atoms with E-state index in [4.69, 9.17) is 5.73 Å². The van der Waals surface area contributed by atoms with Gasteiger partial charge in [0.15, 0.2) is 5.82 Å². The van der Waals surface area contributed by atoms with Gasteiger partial charge in [-0.15, -0.1) is 0 Å². The summed E-state index contributed by atoms with van der Waals surface area (Å²) >= 11 is 0. The van der Waals surface area contributed by atoms with Crippen LogP contribution in [0.25, 0.3) is 0 Å². The largest absolute Gasteiger partial charge is 0.399 e. The SMILES string of the molecule is Nc1ccc(Cc2nc(C3CCCCC3)n[nH]2)cc1. The van der Waals surface area contributed by atoms with Crippen molar-refractivity contribution in [1.82, 2.24) is 15.2 Å². The number of aromatic amines is 1. The molecule has 3 N–H and O–H groups in total. The molecule has 2 aromatic rings. The van der Waals surface area contributed by atoms with E-state index < -0.39 is 0 Å². The minimum Gasteiger partial charge on any atom is -0.399 e. The summed E-state index contributed by atoms with van der Waals surface area (Å²) in [6.07, 6.45) is 7.25. The fourth-order valence-corrected chi connectivity index (χ4v) is 2.76. The van der Waals surface area contributed by atoms with Crippen molar-refractivity contribution in [1.29, 1.82) is 0 Å². The van der Waals surface area contributed by atoms with E-state index in [1.165, 1.54) is 37.7 Å². The number of rotatable bonds is 3. The Kier molecular flexibility index (Phi) is 3.49. The van der Waals surface area contributed by atoms with Gasteiger partial charge in [-0.25, -0.2) is 4.98 Å². The van der Waals surface area contributed by atoms with Crippen LogP contribution in [0.4, 0.5) is 5.69 Å². The van der Waals surface area contributed by atoms with Crippen molar-refractivity contribution in [2.24, 2.45) is 0 Å². The van der Waals surface area contributed by atoms with E-state index >= 15 is 0 Å². The molecule has 1 aromatic carbocycles. The third kappa shape index (κ3) is 2.95. The number of benzene rings is 1. The Morgan fingerprint density at radius 1 is 1.11 bits per heavy atom. The average molecular weight is 256 g/mol. The minimum absolute atomic E-state index is 0.560. The van der Waals surface area contributed by atoms with Crippen LogP contribution in [0, 0.1) is 0 Å². The quantitative estimate of drug-likeness (QED) is 0.829. The molecule has 1 aromatic heterocycles. The fourth-order valence-electron chi connectivity index (χ4n) is 2.76. The Labute approximate surface area is 113 Å². The first kappa shape index (κ1) is 12.2. The molecule has 4 heteroatoms. The third-order valence-electron chi connectivity index (χ3n) is 3.87. The van der Waals surface area contributed by atoms with Crippen LogP contribution in [0.1, 0.15) is 55.2 Å². The van der Waals surface area contributed by atoms with Gasteiger partial charge in [0.05, 0.1) is 0 Å². The van der Waals surface area contributed by atoms with E-state index in [0.717, 1.165) is 23.8 Å². The standard InChI is InChI=1S/C15H20N4/c16-13-8-6-11(7-9-13)10-14-17-15(19-18-14)12-4-2-1-3-5-12/h6-9,12H,1-5,10,16H2,(H,17,18,19). The van der Waals surface area contributed by atoms with Gasteiger partial charge in [0, 0.05) is 18.0 Å². The van der Waals surface area contributed by atoms with E-state index in [2.05, 4.69) is 15.2 Å². The molecule has 100 valence electrons. The molecule has 0 aliphatic heterocycles. The van der Waals surface area contributed by atoms with Gasteiger partial charge in [-0.3, -0.25) is 5.10 Å². The molecule has 1 fully saturated rings. The van der Waals surface area contributed by atoms with E-state index in [-0.39, 0.29) is 0 Å². The lowest BCUT2D eigenvalue weighted by molar-refractivity contribution is 0.429. The summed E-state index contributed by atoms with van der Waals surface area (Å²) in [6, 6.07) is 7.93. The van der Waals surface area contributed by atoms with Gasteiger partial charge in [0.2, 0.25) is 0 Å². The maximum Gasteiger partial charge on any atom is 0.153 e. The Morgan fingerprint density at radius 2 is 1.84 bits per heavy atom. The molecular weight excluding hydrogens is 236 g/mol. The average Bonchev–Trinajstić information content (AvgIpc) is 2.91. The lowest BCUT2D eigenvalue weighted by atomic mass is 9.89.